The van der Waals surface area contributed by atoms with E-state index in [2.05, 4.69) is 0 Å². The molecule has 5 nitrogen and oxygen atoms in total. The maximum Gasteiger partial charge on any atom is 0.272 e. The van der Waals surface area contributed by atoms with E-state index in [1.54, 1.807) is 19.1 Å². The van der Waals surface area contributed by atoms with Crippen LogP contribution in [0, 0.1) is 17.0 Å². The summed E-state index contributed by atoms with van der Waals surface area (Å²) in [5, 5.41) is 10.8. The third-order valence-electron chi connectivity index (χ3n) is 3.66. The molecule has 1 fully saturated rings. The Hall–Kier alpha value is -1.62. The van der Waals surface area contributed by atoms with Gasteiger partial charge in [0.15, 0.2) is 0 Å². The first-order valence-electron chi connectivity index (χ1n) is 6.75. The van der Waals surface area contributed by atoms with Gasteiger partial charge in [0.2, 0.25) is 0 Å². The minimum atomic E-state index is -0.378. The van der Waals surface area contributed by atoms with Crippen molar-refractivity contribution in [3.8, 4) is 5.75 Å². The topological polar surface area (TPSA) is 78.4 Å². The largest absolute Gasteiger partial charge is 0.489 e. The Balaban J connectivity index is 2.10. The zero-order chi connectivity index (χ0) is 13.8. The van der Waals surface area contributed by atoms with Crippen LogP contribution in [0.15, 0.2) is 18.2 Å². The zero-order valence-corrected chi connectivity index (χ0v) is 11.2. The van der Waals surface area contributed by atoms with Gasteiger partial charge in [-0.3, -0.25) is 10.1 Å². The van der Waals surface area contributed by atoms with Crippen molar-refractivity contribution in [2.75, 3.05) is 0 Å². The van der Waals surface area contributed by atoms with Crippen molar-refractivity contribution in [3.05, 3.63) is 33.9 Å². The average Bonchev–Trinajstić information content (AvgIpc) is 2.55. The van der Waals surface area contributed by atoms with Gasteiger partial charge in [-0.2, -0.15) is 0 Å². The second kappa shape index (κ2) is 6.02. The van der Waals surface area contributed by atoms with Crippen molar-refractivity contribution in [1.82, 2.24) is 0 Å². The molecule has 1 aromatic rings. The van der Waals surface area contributed by atoms with Crippen LogP contribution < -0.4 is 10.5 Å². The van der Waals surface area contributed by atoms with Crippen LogP contribution >= 0.6 is 0 Å². The van der Waals surface area contributed by atoms with E-state index in [0.717, 1.165) is 25.7 Å². The second-order valence-electron chi connectivity index (χ2n) is 5.16. The summed E-state index contributed by atoms with van der Waals surface area (Å²) in [4.78, 5) is 10.4. The molecule has 2 N–H and O–H groups in total. The molecule has 2 unspecified atom stereocenters. The standard InChI is InChI=1S/C14H20N2O3/c1-10-9-11(7-8-13(10)16(17)18)19-14-6-4-2-3-5-12(14)15/h7-9,12,14H,2-6,15H2,1H3. The lowest BCUT2D eigenvalue weighted by Crippen LogP contribution is -2.37. The number of benzene rings is 1. The van der Waals surface area contributed by atoms with E-state index in [4.69, 9.17) is 10.5 Å². The van der Waals surface area contributed by atoms with Gasteiger partial charge in [-0.1, -0.05) is 12.8 Å². The van der Waals surface area contributed by atoms with Crippen LogP contribution in [-0.4, -0.2) is 17.1 Å². The smallest absolute Gasteiger partial charge is 0.272 e. The monoisotopic (exact) mass is 264 g/mol. The van der Waals surface area contributed by atoms with Crippen molar-refractivity contribution >= 4 is 5.69 Å². The van der Waals surface area contributed by atoms with Crippen molar-refractivity contribution in [2.24, 2.45) is 5.73 Å². The van der Waals surface area contributed by atoms with Gasteiger partial charge >= 0.3 is 0 Å². The van der Waals surface area contributed by atoms with Gasteiger partial charge in [-0.25, -0.2) is 0 Å². The number of nitrogens with two attached hydrogens (primary N) is 1. The molecule has 2 atom stereocenters. The summed E-state index contributed by atoms with van der Waals surface area (Å²) < 4.78 is 5.92. The molecule has 0 spiro atoms. The van der Waals surface area contributed by atoms with E-state index in [1.165, 1.54) is 12.5 Å². The van der Waals surface area contributed by atoms with Crippen LogP contribution in [0.25, 0.3) is 0 Å². The Morgan fingerprint density at radius 2 is 2.05 bits per heavy atom. The molecule has 1 aliphatic rings. The Morgan fingerprint density at radius 3 is 2.74 bits per heavy atom. The third kappa shape index (κ3) is 3.44. The lowest BCUT2D eigenvalue weighted by atomic mass is 10.1. The normalized spacial score (nSPS) is 23.7. The number of nitro benzene ring substituents is 1. The van der Waals surface area contributed by atoms with Gasteiger partial charge in [0.1, 0.15) is 11.9 Å². The molecule has 1 saturated carbocycles. The summed E-state index contributed by atoms with van der Waals surface area (Å²) >= 11 is 0. The van der Waals surface area contributed by atoms with E-state index in [0.29, 0.717) is 11.3 Å². The quantitative estimate of drug-likeness (QED) is 0.517. The molecule has 0 aliphatic heterocycles. The van der Waals surface area contributed by atoms with Crippen molar-refractivity contribution in [3.63, 3.8) is 0 Å². The number of nitro groups is 1. The molecule has 0 saturated heterocycles. The zero-order valence-electron chi connectivity index (χ0n) is 11.2. The molecule has 5 heteroatoms. The predicted octanol–water partition coefficient (Wildman–Crippen LogP) is 2.94. The molecule has 1 aliphatic carbocycles. The summed E-state index contributed by atoms with van der Waals surface area (Å²) in [6.07, 6.45) is 5.44. The van der Waals surface area contributed by atoms with Gasteiger partial charge in [-0.15, -0.1) is 0 Å². The first-order valence-corrected chi connectivity index (χ1v) is 6.75. The summed E-state index contributed by atoms with van der Waals surface area (Å²) in [6, 6.07) is 4.92. The molecule has 0 radical (unpaired) electrons. The lowest BCUT2D eigenvalue weighted by molar-refractivity contribution is -0.385. The summed E-state index contributed by atoms with van der Waals surface area (Å²) in [5.41, 5.74) is 6.85. The number of hydrogen-bond acceptors (Lipinski definition) is 4. The van der Waals surface area contributed by atoms with Crippen molar-refractivity contribution in [2.45, 2.75) is 51.2 Å². The molecule has 0 heterocycles. The Morgan fingerprint density at radius 1 is 1.32 bits per heavy atom. The number of ether oxygens (including phenoxy) is 1. The highest BCUT2D eigenvalue weighted by Gasteiger charge is 2.22. The fourth-order valence-corrected chi connectivity index (χ4v) is 2.53. The molecule has 104 valence electrons. The van der Waals surface area contributed by atoms with Gasteiger partial charge < -0.3 is 10.5 Å². The summed E-state index contributed by atoms with van der Waals surface area (Å²) in [5.74, 6) is 0.672. The Bertz CT molecular complexity index is 462. The predicted molar refractivity (Wildman–Crippen MR) is 73.3 cm³/mol. The van der Waals surface area contributed by atoms with E-state index in [9.17, 15) is 10.1 Å². The molecule has 0 aromatic heterocycles. The minimum Gasteiger partial charge on any atom is -0.489 e. The van der Waals surface area contributed by atoms with Gasteiger partial charge in [0.05, 0.1) is 4.92 Å². The number of hydrogen-bond donors (Lipinski definition) is 1. The first-order chi connectivity index (χ1) is 9.08. The Kier molecular flexibility index (Phi) is 4.37. The van der Waals surface area contributed by atoms with Gasteiger partial charge in [0, 0.05) is 17.7 Å². The van der Waals surface area contributed by atoms with Crippen molar-refractivity contribution < 1.29 is 9.66 Å². The van der Waals surface area contributed by atoms with E-state index in [-0.39, 0.29) is 22.8 Å². The fraction of sp³-hybridized carbons (Fsp3) is 0.571. The molecule has 19 heavy (non-hydrogen) atoms. The maximum atomic E-state index is 10.8. The average molecular weight is 264 g/mol. The molecule has 0 bridgehead atoms. The molecular weight excluding hydrogens is 244 g/mol. The van der Waals surface area contributed by atoms with Crippen LogP contribution in [-0.2, 0) is 0 Å². The van der Waals surface area contributed by atoms with Gasteiger partial charge in [-0.05, 0) is 38.3 Å². The SMILES string of the molecule is Cc1cc(OC2CCCCCC2N)ccc1[N+](=O)[O-]. The minimum absolute atomic E-state index is 0.0170. The van der Waals surface area contributed by atoms with Crippen LogP contribution in [0.4, 0.5) is 5.69 Å². The molecule has 2 rings (SSSR count). The van der Waals surface area contributed by atoms with Crippen LogP contribution in [0.3, 0.4) is 0 Å². The van der Waals surface area contributed by atoms with Crippen LogP contribution in [0.2, 0.25) is 0 Å². The highest BCUT2D eigenvalue weighted by atomic mass is 16.6. The van der Waals surface area contributed by atoms with Crippen molar-refractivity contribution in [1.29, 1.82) is 0 Å². The molecular formula is C14H20N2O3. The van der Waals surface area contributed by atoms with E-state index < -0.39 is 0 Å². The Labute approximate surface area is 112 Å². The highest BCUT2D eigenvalue weighted by molar-refractivity contribution is 5.44. The van der Waals surface area contributed by atoms with E-state index in [1.807, 2.05) is 0 Å². The highest BCUT2D eigenvalue weighted by Crippen LogP contribution is 2.26. The number of aryl methyl sites for hydroxylation is 1. The molecule has 1 aromatic carbocycles. The number of nitrogens with zero attached hydrogens (tertiary/aromatic N) is 1. The summed E-state index contributed by atoms with van der Waals surface area (Å²) in [6.45, 7) is 1.72. The summed E-state index contributed by atoms with van der Waals surface area (Å²) in [7, 11) is 0. The van der Waals surface area contributed by atoms with Gasteiger partial charge in [0.25, 0.3) is 5.69 Å². The fourth-order valence-electron chi connectivity index (χ4n) is 2.53. The lowest BCUT2D eigenvalue weighted by Gasteiger charge is -2.23. The van der Waals surface area contributed by atoms with Crippen LogP contribution in [0.1, 0.15) is 37.7 Å². The second-order valence-corrected chi connectivity index (χ2v) is 5.16. The number of rotatable bonds is 3. The van der Waals surface area contributed by atoms with Crippen LogP contribution in [0.5, 0.6) is 5.75 Å². The maximum absolute atomic E-state index is 10.8. The first kappa shape index (κ1) is 13.8. The van der Waals surface area contributed by atoms with E-state index >= 15 is 0 Å². The molecule has 0 amide bonds. The third-order valence-corrected chi connectivity index (χ3v) is 3.66.